The third kappa shape index (κ3) is 5.66. The molecule has 152 valence electrons. The first-order valence-corrected chi connectivity index (χ1v) is 9.99. The molecule has 0 bridgehead atoms. The van der Waals surface area contributed by atoms with Gasteiger partial charge in [-0.1, -0.05) is 29.5 Å². The van der Waals surface area contributed by atoms with Gasteiger partial charge in [0, 0.05) is 43.3 Å². The lowest BCUT2D eigenvalue weighted by Gasteiger charge is -2.28. The Morgan fingerprint density at radius 1 is 1.17 bits per heavy atom. The molecular weight excluding hydrogens is 408 g/mol. The Balaban J connectivity index is 0.00000240. The van der Waals surface area contributed by atoms with E-state index in [2.05, 4.69) is 30.5 Å². The van der Waals surface area contributed by atoms with E-state index in [0.717, 1.165) is 59.2 Å². The summed E-state index contributed by atoms with van der Waals surface area (Å²) in [5, 5.41) is 17.0. The van der Waals surface area contributed by atoms with E-state index in [1.54, 1.807) is 23.5 Å². The summed E-state index contributed by atoms with van der Waals surface area (Å²) in [6.45, 7) is 5.72. The molecule has 0 radical (unpaired) electrons. The molecule has 1 saturated heterocycles. The summed E-state index contributed by atoms with van der Waals surface area (Å²) in [4.78, 5) is 16.8. The van der Waals surface area contributed by atoms with E-state index in [9.17, 15) is 5.11 Å². The largest absolute Gasteiger partial charge is 0.508 e. The summed E-state index contributed by atoms with van der Waals surface area (Å²) in [6, 6.07) is 9.12. The highest BCUT2D eigenvalue weighted by molar-refractivity contribution is 7.16. The van der Waals surface area contributed by atoms with Crippen molar-refractivity contribution in [1.29, 1.82) is 0 Å². The van der Waals surface area contributed by atoms with Crippen molar-refractivity contribution in [2.75, 3.05) is 36.4 Å². The van der Waals surface area contributed by atoms with Crippen LogP contribution in [0.15, 0.2) is 36.5 Å². The van der Waals surface area contributed by atoms with Crippen molar-refractivity contribution in [3.63, 3.8) is 0 Å². The number of hydrogen-bond acceptors (Lipinski definition) is 8. The third-order valence-electron chi connectivity index (χ3n) is 4.33. The molecule has 9 heteroatoms. The Kier molecular flexibility index (Phi) is 7.03. The number of phenolic OH excluding ortho intramolecular Hbond substituents is 1. The lowest BCUT2D eigenvalue weighted by molar-refractivity contribution is 0.475. The second kappa shape index (κ2) is 9.69. The molecule has 1 aromatic carbocycles. The molecule has 0 unspecified atom stereocenters. The van der Waals surface area contributed by atoms with Crippen molar-refractivity contribution in [2.45, 2.75) is 6.92 Å². The fourth-order valence-electron chi connectivity index (χ4n) is 3.01. The molecule has 2 aromatic heterocycles. The number of nitrogens with zero attached hydrogens (tertiary/aromatic N) is 4. The molecule has 3 aromatic rings. The standard InChI is InChI=1S/C20H22N6OS.ClH/c1-14-23-18(12-19(24-14)26-9-7-21-8-10-26)25-20-22-13-17(28-20)6-5-15-3-2-4-16(27)11-15;/h2-6,11-13,21,27H,7-10H2,1H3,(H,22,23,24,25);1H/b6-5+;. The van der Waals surface area contributed by atoms with E-state index in [1.807, 2.05) is 43.5 Å². The second-order valence-electron chi connectivity index (χ2n) is 6.52. The number of phenols is 1. The summed E-state index contributed by atoms with van der Waals surface area (Å²) >= 11 is 1.54. The Hall–Kier alpha value is -2.68. The number of halogens is 1. The van der Waals surface area contributed by atoms with E-state index >= 15 is 0 Å². The summed E-state index contributed by atoms with van der Waals surface area (Å²) in [7, 11) is 0. The predicted molar refractivity (Wildman–Crippen MR) is 122 cm³/mol. The van der Waals surface area contributed by atoms with Crippen LogP contribution in [0, 0.1) is 6.92 Å². The zero-order valence-electron chi connectivity index (χ0n) is 16.0. The quantitative estimate of drug-likeness (QED) is 0.569. The van der Waals surface area contributed by atoms with Crippen molar-refractivity contribution >= 4 is 52.7 Å². The zero-order chi connectivity index (χ0) is 19.3. The Labute approximate surface area is 180 Å². The van der Waals surface area contributed by atoms with Gasteiger partial charge in [-0.15, -0.1) is 12.4 Å². The molecule has 1 aliphatic heterocycles. The smallest absolute Gasteiger partial charge is 0.188 e. The maximum Gasteiger partial charge on any atom is 0.188 e. The van der Waals surface area contributed by atoms with Gasteiger partial charge in [0.1, 0.15) is 23.2 Å². The molecule has 7 nitrogen and oxygen atoms in total. The lowest BCUT2D eigenvalue weighted by atomic mass is 10.2. The molecule has 29 heavy (non-hydrogen) atoms. The van der Waals surface area contributed by atoms with Gasteiger partial charge in [0.25, 0.3) is 0 Å². The number of nitrogens with one attached hydrogen (secondary N) is 2. The Morgan fingerprint density at radius 2 is 2.00 bits per heavy atom. The van der Waals surface area contributed by atoms with E-state index in [1.165, 1.54) is 0 Å². The number of aromatic hydroxyl groups is 1. The molecule has 1 aliphatic rings. The molecule has 0 spiro atoms. The number of aromatic nitrogens is 3. The molecule has 0 saturated carbocycles. The minimum atomic E-state index is 0. The van der Waals surface area contributed by atoms with Gasteiger partial charge >= 0.3 is 0 Å². The van der Waals surface area contributed by atoms with Gasteiger partial charge in [0.05, 0.1) is 0 Å². The highest BCUT2D eigenvalue weighted by atomic mass is 35.5. The number of piperazine rings is 1. The van der Waals surface area contributed by atoms with E-state index < -0.39 is 0 Å². The van der Waals surface area contributed by atoms with Crippen molar-refractivity contribution in [3.8, 4) is 5.75 Å². The number of anilines is 3. The number of hydrogen-bond donors (Lipinski definition) is 3. The predicted octanol–water partition coefficient (Wildman–Crippen LogP) is 3.69. The average Bonchev–Trinajstić information content (AvgIpc) is 3.14. The van der Waals surface area contributed by atoms with Gasteiger partial charge < -0.3 is 20.6 Å². The van der Waals surface area contributed by atoms with Gasteiger partial charge in [0.15, 0.2) is 5.13 Å². The zero-order valence-corrected chi connectivity index (χ0v) is 17.6. The van der Waals surface area contributed by atoms with Crippen LogP contribution in [0.25, 0.3) is 12.2 Å². The maximum absolute atomic E-state index is 9.54. The van der Waals surface area contributed by atoms with Crippen LogP contribution in [-0.2, 0) is 0 Å². The van der Waals surface area contributed by atoms with Gasteiger partial charge in [-0.05, 0) is 30.7 Å². The number of benzene rings is 1. The number of thiazole rings is 1. The molecule has 4 rings (SSSR count). The first kappa shape index (κ1) is 21.0. The van der Waals surface area contributed by atoms with Crippen LogP contribution in [0.2, 0.25) is 0 Å². The van der Waals surface area contributed by atoms with Crippen LogP contribution in [0.4, 0.5) is 16.8 Å². The average molecular weight is 431 g/mol. The number of aryl methyl sites for hydroxylation is 1. The lowest BCUT2D eigenvalue weighted by Crippen LogP contribution is -2.44. The van der Waals surface area contributed by atoms with Crippen LogP contribution >= 0.6 is 23.7 Å². The molecular formula is C20H23ClN6OS. The monoisotopic (exact) mass is 430 g/mol. The van der Waals surface area contributed by atoms with Gasteiger partial charge in [0.2, 0.25) is 0 Å². The molecule has 0 amide bonds. The second-order valence-corrected chi connectivity index (χ2v) is 7.58. The van der Waals surface area contributed by atoms with Crippen LogP contribution in [-0.4, -0.2) is 46.2 Å². The third-order valence-corrected chi connectivity index (χ3v) is 5.21. The van der Waals surface area contributed by atoms with E-state index in [-0.39, 0.29) is 18.2 Å². The summed E-state index contributed by atoms with van der Waals surface area (Å²) in [5.74, 6) is 2.68. The summed E-state index contributed by atoms with van der Waals surface area (Å²) in [5.41, 5.74) is 0.940. The summed E-state index contributed by atoms with van der Waals surface area (Å²) in [6.07, 6.45) is 5.75. The van der Waals surface area contributed by atoms with Gasteiger partial charge in [-0.3, -0.25) is 0 Å². The van der Waals surface area contributed by atoms with Crippen molar-refractivity contribution in [2.24, 2.45) is 0 Å². The van der Waals surface area contributed by atoms with Crippen LogP contribution in [0.5, 0.6) is 5.75 Å². The minimum Gasteiger partial charge on any atom is -0.508 e. The Morgan fingerprint density at radius 3 is 2.79 bits per heavy atom. The van der Waals surface area contributed by atoms with Crippen LogP contribution in [0.3, 0.4) is 0 Å². The number of rotatable bonds is 5. The highest BCUT2D eigenvalue weighted by Crippen LogP contribution is 2.25. The van der Waals surface area contributed by atoms with Crippen LogP contribution in [0.1, 0.15) is 16.3 Å². The minimum absolute atomic E-state index is 0. The first-order chi connectivity index (χ1) is 13.7. The molecule has 3 N–H and O–H groups in total. The first-order valence-electron chi connectivity index (χ1n) is 9.17. The van der Waals surface area contributed by atoms with Gasteiger partial charge in [-0.2, -0.15) is 0 Å². The SMILES string of the molecule is Cc1nc(Nc2ncc(/C=C/c3cccc(O)c3)s2)cc(N2CCNCC2)n1.Cl. The van der Waals surface area contributed by atoms with E-state index in [4.69, 9.17) is 0 Å². The molecule has 1 fully saturated rings. The molecule has 0 atom stereocenters. The normalized spacial score (nSPS) is 14.0. The van der Waals surface area contributed by atoms with Gasteiger partial charge in [-0.25, -0.2) is 15.0 Å². The topological polar surface area (TPSA) is 86.2 Å². The van der Waals surface area contributed by atoms with Crippen molar-refractivity contribution in [3.05, 3.63) is 52.8 Å². The van der Waals surface area contributed by atoms with Crippen molar-refractivity contribution in [1.82, 2.24) is 20.3 Å². The molecule has 3 heterocycles. The Bertz CT molecular complexity index is 987. The fourth-order valence-corrected chi connectivity index (χ4v) is 3.74. The van der Waals surface area contributed by atoms with E-state index in [0.29, 0.717) is 0 Å². The van der Waals surface area contributed by atoms with Crippen LogP contribution < -0.4 is 15.5 Å². The van der Waals surface area contributed by atoms with Crippen molar-refractivity contribution < 1.29 is 5.11 Å². The maximum atomic E-state index is 9.54. The highest BCUT2D eigenvalue weighted by Gasteiger charge is 2.14. The fraction of sp³-hybridized carbons (Fsp3) is 0.250. The summed E-state index contributed by atoms with van der Waals surface area (Å²) < 4.78 is 0. The molecule has 0 aliphatic carbocycles.